The first-order valence-corrected chi connectivity index (χ1v) is 6.12. The number of hydrogen-bond donors (Lipinski definition) is 2. The van der Waals surface area contributed by atoms with Crippen molar-refractivity contribution in [2.45, 2.75) is 24.5 Å². The highest BCUT2D eigenvalue weighted by Gasteiger charge is 2.50. The summed E-state index contributed by atoms with van der Waals surface area (Å²) >= 11 is 0. The van der Waals surface area contributed by atoms with E-state index in [-0.39, 0.29) is 17.8 Å². The first kappa shape index (κ1) is 11.9. The van der Waals surface area contributed by atoms with Crippen molar-refractivity contribution in [2.75, 3.05) is 13.1 Å². The van der Waals surface area contributed by atoms with Crippen molar-refractivity contribution in [1.29, 1.82) is 0 Å². The van der Waals surface area contributed by atoms with Crippen LogP contribution in [0.25, 0.3) is 0 Å². The number of halogens is 2. The minimum Gasteiger partial charge on any atom is -0.487 e. The quantitative estimate of drug-likeness (QED) is 0.840. The van der Waals surface area contributed by atoms with E-state index in [1.54, 1.807) is 0 Å². The molecule has 3 atom stereocenters. The van der Waals surface area contributed by atoms with Crippen LogP contribution in [0.5, 0.6) is 5.75 Å². The molecule has 1 aromatic carbocycles. The average Bonchev–Trinajstić information content (AvgIpc) is 2.77. The van der Waals surface area contributed by atoms with Crippen LogP contribution in [0.4, 0.5) is 8.78 Å². The molecule has 0 aromatic heterocycles. The molecular formula is C13H15F2NO2. The van der Waals surface area contributed by atoms with Gasteiger partial charge in [0.05, 0.1) is 5.60 Å². The maximum atomic E-state index is 13.4. The zero-order chi connectivity index (χ0) is 12.8. The number of ether oxygens (including phenoxy) is 1. The fraction of sp³-hybridized carbons (Fsp3) is 0.538. The van der Waals surface area contributed by atoms with E-state index >= 15 is 0 Å². The van der Waals surface area contributed by atoms with Crippen LogP contribution in [0.1, 0.15) is 12.8 Å². The largest absolute Gasteiger partial charge is 0.487 e. The lowest BCUT2D eigenvalue weighted by molar-refractivity contribution is 0.0300. The molecule has 0 radical (unpaired) electrons. The summed E-state index contributed by atoms with van der Waals surface area (Å²) < 4.78 is 31.7. The molecule has 98 valence electrons. The van der Waals surface area contributed by atoms with Crippen LogP contribution in [-0.2, 0) is 0 Å². The van der Waals surface area contributed by atoms with Crippen LogP contribution in [0.15, 0.2) is 18.2 Å². The third-order valence-electron chi connectivity index (χ3n) is 3.90. The van der Waals surface area contributed by atoms with Gasteiger partial charge in [0.15, 0.2) is 11.6 Å². The number of benzene rings is 1. The monoisotopic (exact) mass is 255 g/mol. The molecule has 2 fully saturated rings. The lowest BCUT2D eigenvalue weighted by atomic mass is 9.95. The van der Waals surface area contributed by atoms with Gasteiger partial charge >= 0.3 is 0 Å². The van der Waals surface area contributed by atoms with E-state index in [2.05, 4.69) is 5.32 Å². The maximum Gasteiger partial charge on any atom is 0.167 e. The second kappa shape index (κ2) is 4.17. The van der Waals surface area contributed by atoms with Crippen LogP contribution in [-0.4, -0.2) is 29.9 Å². The molecule has 3 rings (SSSR count). The zero-order valence-corrected chi connectivity index (χ0v) is 9.83. The molecule has 2 aliphatic rings. The Labute approximate surface area is 104 Å². The number of β-amino-alcohol motifs (C(OH)–C–C–N with tert-alkyl or cyclic N) is 1. The van der Waals surface area contributed by atoms with Gasteiger partial charge in [-0.15, -0.1) is 0 Å². The second-order valence-electron chi connectivity index (χ2n) is 5.19. The van der Waals surface area contributed by atoms with Crippen LogP contribution in [0.2, 0.25) is 0 Å². The summed E-state index contributed by atoms with van der Waals surface area (Å²) in [5, 5.41) is 13.4. The summed E-state index contributed by atoms with van der Waals surface area (Å²) in [6, 6.07) is 3.27. The van der Waals surface area contributed by atoms with Crippen molar-refractivity contribution in [3.05, 3.63) is 29.8 Å². The molecule has 1 saturated carbocycles. The van der Waals surface area contributed by atoms with Gasteiger partial charge in [-0.05, 0) is 18.6 Å². The molecule has 3 nitrogen and oxygen atoms in total. The third kappa shape index (κ3) is 1.97. The number of nitrogens with one attached hydrogen (secondary N) is 1. The van der Waals surface area contributed by atoms with Gasteiger partial charge in [-0.25, -0.2) is 8.78 Å². The van der Waals surface area contributed by atoms with Crippen molar-refractivity contribution >= 4 is 0 Å². The molecule has 18 heavy (non-hydrogen) atoms. The van der Waals surface area contributed by atoms with Crippen LogP contribution in [0, 0.1) is 17.6 Å². The first-order valence-electron chi connectivity index (χ1n) is 6.12. The van der Waals surface area contributed by atoms with Gasteiger partial charge in [-0.2, -0.15) is 0 Å². The van der Waals surface area contributed by atoms with E-state index in [1.165, 1.54) is 12.1 Å². The van der Waals surface area contributed by atoms with Gasteiger partial charge in [0.1, 0.15) is 11.9 Å². The summed E-state index contributed by atoms with van der Waals surface area (Å²) in [5.41, 5.74) is -0.735. The second-order valence-corrected chi connectivity index (χ2v) is 5.19. The lowest BCUT2D eigenvalue weighted by Gasteiger charge is -2.20. The summed E-state index contributed by atoms with van der Waals surface area (Å²) in [6.07, 6.45) is 0.976. The molecule has 0 bridgehead atoms. The Morgan fingerprint density at radius 2 is 2.22 bits per heavy atom. The van der Waals surface area contributed by atoms with Crippen LogP contribution < -0.4 is 10.1 Å². The molecule has 1 saturated heterocycles. The standard InChI is InChI=1S/C13H15F2NO2/c14-9-1-2-12(11(15)4-9)18-10-3-8-6-16-7-13(8,17)5-10/h1-2,4,8,10,16-17H,3,5-7H2/t8-,10+,13-/m0/s1. The fourth-order valence-corrected chi connectivity index (χ4v) is 2.97. The molecule has 0 amide bonds. The predicted molar refractivity (Wildman–Crippen MR) is 61.3 cm³/mol. The minimum absolute atomic E-state index is 0.0536. The molecule has 5 heteroatoms. The van der Waals surface area contributed by atoms with E-state index in [9.17, 15) is 13.9 Å². The molecule has 0 spiro atoms. The smallest absolute Gasteiger partial charge is 0.167 e. The van der Waals surface area contributed by atoms with Gasteiger partial charge in [0.25, 0.3) is 0 Å². The van der Waals surface area contributed by atoms with Gasteiger partial charge in [0.2, 0.25) is 0 Å². The molecule has 1 heterocycles. The highest BCUT2D eigenvalue weighted by molar-refractivity contribution is 5.25. The highest BCUT2D eigenvalue weighted by atomic mass is 19.1. The SMILES string of the molecule is O[C@@]12CNC[C@@H]1C[C@@H](Oc1ccc(F)cc1F)C2. The molecule has 0 unspecified atom stereocenters. The molecule has 1 aromatic rings. The minimum atomic E-state index is -0.735. The van der Waals surface area contributed by atoms with E-state index in [1.807, 2.05) is 0 Å². The summed E-state index contributed by atoms with van der Waals surface area (Å²) in [5.74, 6) is -1.10. The van der Waals surface area contributed by atoms with E-state index in [0.717, 1.165) is 12.6 Å². The number of aliphatic hydroxyl groups is 1. The Balaban J connectivity index is 1.71. The van der Waals surface area contributed by atoms with Crippen molar-refractivity contribution < 1.29 is 18.6 Å². The number of hydrogen-bond acceptors (Lipinski definition) is 3. The van der Waals surface area contributed by atoms with E-state index in [0.29, 0.717) is 19.4 Å². The van der Waals surface area contributed by atoms with Gasteiger partial charge in [-0.3, -0.25) is 0 Å². The number of fused-ring (bicyclic) bond motifs is 1. The number of rotatable bonds is 2. The summed E-state index contributed by atoms with van der Waals surface area (Å²) in [6.45, 7) is 1.33. The van der Waals surface area contributed by atoms with Crippen molar-refractivity contribution in [2.24, 2.45) is 5.92 Å². The van der Waals surface area contributed by atoms with Gasteiger partial charge in [0, 0.05) is 31.5 Å². The van der Waals surface area contributed by atoms with Gasteiger partial charge < -0.3 is 15.2 Å². The Kier molecular flexibility index (Phi) is 2.75. The molecule has 1 aliphatic heterocycles. The van der Waals surface area contributed by atoms with Crippen LogP contribution in [0.3, 0.4) is 0 Å². The molecule has 2 N–H and O–H groups in total. The first-order chi connectivity index (χ1) is 8.57. The maximum absolute atomic E-state index is 13.4. The van der Waals surface area contributed by atoms with E-state index in [4.69, 9.17) is 4.74 Å². The van der Waals surface area contributed by atoms with Crippen molar-refractivity contribution in [1.82, 2.24) is 5.32 Å². The zero-order valence-electron chi connectivity index (χ0n) is 9.83. The fourth-order valence-electron chi connectivity index (χ4n) is 2.97. The van der Waals surface area contributed by atoms with Gasteiger partial charge in [-0.1, -0.05) is 0 Å². The predicted octanol–water partition coefficient (Wildman–Crippen LogP) is 1.46. The Morgan fingerprint density at radius 1 is 1.39 bits per heavy atom. The van der Waals surface area contributed by atoms with Crippen molar-refractivity contribution in [3.63, 3.8) is 0 Å². The van der Waals surface area contributed by atoms with Crippen molar-refractivity contribution in [3.8, 4) is 5.75 Å². The average molecular weight is 255 g/mol. The summed E-state index contributed by atoms with van der Waals surface area (Å²) in [7, 11) is 0. The third-order valence-corrected chi connectivity index (χ3v) is 3.90. The Morgan fingerprint density at radius 3 is 2.94 bits per heavy atom. The molecule has 1 aliphatic carbocycles. The Hall–Kier alpha value is -1.20. The van der Waals surface area contributed by atoms with Crippen LogP contribution >= 0.6 is 0 Å². The normalized spacial score (nSPS) is 34.6. The highest BCUT2D eigenvalue weighted by Crippen LogP contribution is 2.40. The van der Waals surface area contributed by atoms with E-state index < -0.39 is 17.2 Å². The molecular weight excluding hydrogens is 240 g/mol. The Bertz CT molecular complexity index is 468. The topological polar surface area (TPSA) is 41.5 Å². The lowest BCUT2D eigenvalue weighted by Crippen LogP contribution is -2.34. The summed E-state index contributed by atoms with van der Waals surface area (Å²) in [4.78, 5) is 0.